The van der Waals surface area contributed by atoms with Gasteiger partial charge >= 0.3 is 0 Å². The number of aromatic hydroxyl groups is 1. The molecule has 0 fully saturated rings. The predicted molar refractivity (Wildman–Crippen MR) is 118 cm³/mol. The Labute approximate surface area is 174 Å². The molecule has 3 heteroatoms. The van der Waals surface area contributed by atoms with Gasteiger partial charge in [0, 0.05) is 4.90 Å². The van der Waals surface area contributed by atoms with E-state index >= 15 is 0 Å². The lowest BCUT2D eigenvalue weighted by molar-refractivity contribution is 0.475. The molecule has 0 saturated carbocycles. The van der Waals surface area contributed by atoms with E-state index in [0.717, 1.165) is 4.90 Å². The normalized spacial score (nSPS) is 11.3. The van der Waals surface area contributed by atoms with Crippen LogP contribution in [0.5, 0.6) is 5.75 Å². The highest BCUT2D eigenvalue weighted by Gasteiger charge is 2.38. The van der Waals surface area contributed by atoms with E-state index in [2.05, 4.69) is 72.8 Å². The minimum atomic E-state index is -0.482. The zero-order valence-corrected chi connectivity index (χ0v) is 16.7. The summed E-state index contributed by atoms with van der Waals surface area (Å²) in [6, 6.07) is 36.6. The predicted octanol–water partition coefficient (Wildman–Crippen LogP) is 7.13. The minimum absolute atomic E-state index is 0.166. The van der Waals surface area contributed by atoms with Crippen LogP contribution in [0, 0.1) is 0 Å². The zero-order chi connectivity index (χ0) is 19.4. The second kappa shape index (κ2) is 8.14. The Hall–Kier alpha value is -2.68. The number of hydrogen-bond donors (Lipinski definition) is 1. The van der Waals surface area contributed by atoms with Crippen LogP contribution in [0.4, 0.5) is 0 Å². The standard InChI is InChI=1S/C25H19ClOS/c26-23-18-22(27)16-17-24(23)28-25(19-10-4-1-5-11-19,20-12-6-2-7-13-20)21-14-8-3-9-15-21/h1-18,27H. The molecule has 28 heavy (non-hydrogen) atoms. The van der Waals surface area contributed by atoms with Crippen LogP contribution in [0.3, 0.4) is 0 Å². The Balaban J connectivity index is 2.01. The van der Waals surface area contributed by atoms with Gasteiger partial charge in [-0.3, -0.25) is 0 Å². The molecule has 0 bridgehead atoms. The lowest BCUT2D eigenvalue weighted by Gasteiger charge is -2.35. The molecule has 0 aliphatic rings. The van der Waals surface area contributed by atoms with Crippen molar-refractivity contribution in [2.75, 3.05) is 0 Å². The fourth-order valence-corrected chi connectivity index (χ4v) is 5.11. The smallest absolute Gasteiger partial charge is 0.117 e. The SMILES string of the molecule is Oc1ccc(SC(c2ccccc2)(c2ccccc2)c2ccccc2)c(Cl)c1. The molecule has 4 aromatic rings. The third-order valence-electron chi connectivity index (χ3n) is 4.72. The summed E-state index contributed by atoms with van der Waals surface area (Å²) in [4.78, 5) is 0.913. The van der Waals surface area contributed by atoms with Gasteiger partial charge < -0.3 is 5.11 Å². The molecule has 0 spiro atoms. The van der Waals surface area contributed by atoms with Crippen LogP contribution >= 0.6 is 23.4 Å². The van der Waals surface area contributed by atoms with Gasteiger partial charge in [-0.2, -0.15) is 0 Å². The molecular formula is C25H19ClOS. The zero-order valence-electron chi connectivity index (χ0n) is 15.1. The fraction of sp³-hybridized carbons (Fsp3) is 0.0400. The molecule has 0 aliphatic heterocycles. The molecule has 0 aliphatic carbocycles. The van der Waals surface area contributed by atoms with Crippen LogP contribution in [0.2, 0.25) is 5.02 Å². The minimum Gasteiger partial charge on any atom is -0.508 e. The van der Waals surface area contributed by atoms with E-state index in [1.54, 1.807) is 23.9 Å². The van der Waals surface area contributed by atoms with Crippen LogP contribution in [0.15, 0.2) is 114 Å². The van der Waals surface area contributed by atoms with E-state index in [-0.39, 0.29) is 5.75 Å². The van der Waals surface area contributed by atoms with Crippen molar-refractivity contribution in [2.24, 2.45) is 0 Å². The van der Waals surface area contributed by atoms with E-state index in [0.29, 0.717) is 5.02 Å². The van der Waals surface area contributed by atoms with Gasteiger partial charge in [0.15, 0.2) is 0 Å². The van der Waals surface area contributed by atoms with Gasteiger partial charge in [-0.1, -0.05) is 103 Å². The largest absolute Gasteiger partial charge is 0.508 e. The van der Waals surface area contributed by atoms with Crippen molar-refractivity contribution in [3.05, 3.63) is 131 Å². The maximum Gasteiger partial charge on any atom is 0.117 e. The Kier molecular flexibility index (Phi) is 5.43. The lowest BCUT2D eigenvalue weighted by Crippen LogP contribution is -2.25. The van der Waals surface area contributed by atoms with Gasteiger partial charge in [-0.05, 0) is 34.9 Å². The van der Waals surface area contributed by atoms with Gasteiger partial charge in [0.1, 0.15) is 5.75 Å². The van der Waals surface area contributed by atoms with Crippen molar-refractivity contribution in [1.82, 2.24) is 0 Å². The average Bonchev–Trinajstić information content (AvgIpc) is 2.75. The van der Waals surface area contributed by atoms with Crippen LogP contribution < -0.4 is 0 Å². The number of thioether (sulfide) groups is 1. The number of halogens is 1. The molecule has 138 valence electrons. The Morgan fingerprint density at radius 3 is 1.43 bits per heavy atom. The summed E-state index contributed by atoms with van der Waals surface area (Å²) >= 11 is 8.20. The first kappa shape index (κ1) is 18.7. The first-order valence-electron chi connectivity index (χ1n) is 9.04. The van der Waals surface area contributed by atoms with Crippen LogP contribution in [0.1, 0.15) is 16.7 Å². The molecule has 0 radical (unpaired) electrons. The number of rotatable bonds is 5. The number of phenols is 1. The molecule has 4 rings (SSSR count). The molecular weight excluding hydrogens is 384 g/mol. The summed E-state index contributed by atoms with van der Waals surface area (Å²) in [6.07, 6.45) is 0. The summed E-state index contributed by atoms with van der Waals surface area (Å²) in [5.41, 5.74) is 3.50. The third kappa shape index (κ3) is 3.54. The summed E-state index contributed by atoms with van der Waals surface area (Å²) in [7, 11) is 0. The monoisotopic (exact) mass is 402 g/mol. The summed E-state index contributed by atoms with van der Waals surface area (Å²) < 4.78 is -0.482. The summed E-state index contributed by atoms with van der Waals surface area (Å²) in [5.74, 6) is 0.166. The Morgan fingerprint density at radius 2 is 1.04 bits per heavy atom. The summed E-state index contributed by atoms with van der Waals surface area (Å²) in [6.45, 7) is 0. The quantitative estimate of drug-likeness (QED) is 0.283. The summed E-state index contributed by atoms with van der Waals surface area (Å²) in [5, 5.41) is 10.3. The van der Waals surface area contributed by atoms with Gasteiger partial charge in [0.2, 0.25) is 0 Å². The molecule has 1 nitrogen and oxygen atoms in total. The molecule has 0 aromatic heterocycles. The van der Waals surface area contributed by atoms with Crippen molar-refractivity contribution in [3.63, 3.8) is 0 Å². The van der Waals surface area contributed by atoms with Gasteiger partial charge in [-0.15, -0.1) is 11.8 Å². The van der Waals surface area contributed by atoms with Gasteiger partial charge in [-0.25, -0.2) is 0 Å². The van der Waals surface area contributed by atoms with Gasteiger partial charge in [0.05, 0.1) is 9.77 Å². The molecule has 1 N–H and O–H groups in total. The van der Waals surface area contributed by atoms with Crippen LogP contribution in [0.25, 0.3) is 0 Å². The average molecular weight is 403 g/mol. The fourth-order valence-electron chi connectivity index (χ4n) is 3.43. The van der Waals surface area contributed by atoms with Gasteiger partial charge in [0.25, 0.3) is 0 Å². The van der Waals surface area contributed by atoms with Crippen molar-refractivity contribution < 1.29 is 5.11 Å². The first-order valence-corrected chi connectivity index (χ1v) is 10.2. The number of hydrogen-bond acceptors (Lipinski definition) is 2. The van der Waals surface area contributed by atoms with E-state index < -0.39 is 4.75 Å². The van der Waals surface area contributed by atoms with Crippen molar-refractivity contribution in [3.8, 4) is 5.75 Å². The van der Waals surface area contributed by atoms with Crippen molar-refractivity contribution in [2.45, 2.75) is 9.64 Å². The molecule has 0 unspecified atom stereocenters. The number of benzene rings is 4. The maximum absolute atomic E-state index is 9.79. The lowest BCUT2D eigenvalue weighted by atomic mass is 9.84. The molecule has 4 aromatic carbocycles. The van der Waals surface area contributed by atoms with E-state index in [9.17, 15) is 5.11 Å². The Morgan fingerprint density at radius 1 is 0.607 bits per heavy atom. The molecule has 0 amide bonds. The van der Waals surface area contributed by atoms with Crippen molar-refractivity contribution in [1.29, 1.82) is 0 Å². The third-order valence-corrected chi connectivity index (χ3v) is 6.73. The molecule has 0 atom stereocenters. The van der Waals surface area contributed by atoms with Crippen LogP contribution in [-0.4, -0.2) is 5.11 Å². The van der Waals surface area contributed by atoms with Crippen molar-refractivity contribution >= 4 is 23.4 Å². The highest BCUT2D eigenvalue weighted by atomic mass is 35.5. The second-order valence-electron chi connectivity index (χ2n) is 6.50. The molecule has 0 saturated heterocycles. The van der Waals surface area contributed by atoms with E-state index in [1.807, 2.05) is 24.3 Å². The first-order chi connectivity index (χ1) is 13.7. The second-order valence-corrected chi connectivity index (χ2v) is 8.16. The maximum atomic E-state index is 9.79. The Bertz CT molecular complexity index is 953. The van der Waals surface area contributed by atoms with Crippen LogP contribution in [-0.2, 0) is 4.75 Å². The topological polar surface area (TPSA) is 20.2 Å². The molecule has 0 heterocycles. The highest BCUT2D eigenvalue weighted by Crippen LogP contribution is 2.53. The number of phenolic OH excluding ortho intramolecular Hbond substituents is 1. The van der Waals surface area contributed by atoms with E-state index in [1.165, 1.54) is 16.7 Å². The van der Waals surface area contributed by atoms with E-state index in [4.69, 9.17) is 11.6 Å². The highest BCUT2D eigenvalue weighted by molar-refractivity contribution is 8.00.